The van der Waals surface area contributed by atoms with Crippen LogP contribution in [0.2, 0.25) is 4.34 Å². The van der Waals surface area contributed by atoms with Gasteiger partial charge in [0.2, 0.25) is 12.3 Å². The van der Waals surface area contributed by atoms with E-state index in [-0.39, 0.29) is 27.0 Å². The Kier molecular flexibility index (Phi) is 8.67. The maximum absolute atomic E-state index is 12.9. The Balaban J connectivity index is 1.86. The van der Waals surface area contributed by atoms with Crippen molar-refractivity contribution in [1.29, 1.82) is 0 Å². The largest absolute Gasteiger partial charge is 0.326 e. The normalized spacial score (nSPS) is 12.7. The van der Waals surface area contributed by atoms with Gasteiger partial charge in [-0.1, -0.05) is 66.7 Å². The van der Waals surface area contributed by atoms with Gasteiger partial charge in [0, 0.05) is 17.4 Å². The molecule has 172 valence electrons. The molecule has 0 saturated heterocycles. The second-order valence-electron chi connectivity index (χ2n) is 6.77. The van der Waals surface area contributed by atoms with E-state index in [1.807, 2.05) is 18.2 Å². The van der Waals surface area contributed by atoms with E-state index in [9.17, 15) is 18.0 Å². The maximum atomic E-state index is 12.9. The first-order chi connectivity index (χ1) is 15.8. The molecule has 1 atom stereocenters. The summed E-state index contributed by atoms with van der Waals surface area (Å²) < 4.78 is 30.0. The zero-order chi connectivity index (χ0) is 23.8. The summed E-state index contributed by atoms with van der Waals surface area (Å²) in [5.74, 6) is -0.245. The number of halogens is 1. The van der Waals surface area contributed by atoms with Gasteiger partial charge in [0.1, 0.15) is 4.21 Å². The van der Waals surface area contributed by atoms with Gasteiger partial charge in [0.15, 0.2) is 5.17 Å². The molecule has 1 N–H and O–H groups in total. The van der Waals surface area contributed by atoms with Crippen molar-refractivity contribution in [3.05, 3.63) is 77.1 Å². The zero-order valence-electron chi connectivity index (χ0n) is 17.4. The van der Waals surface area contributed by atoms with Crippen molar-refractivity contribution in [2.45, 2.75) is 22.8 Å². The molecular formula is C22H20ClN3O4S3. The van der Waals surface area contributed by atoms with Crippen LogP contribution in [-0.4, -0.2) is 31.2 Å². The quantitative estimate of drug-likeness (QED) is 0.248. The van der Waals surface area contributed by atoms with Crippen molar-refractivity contribution >= 4 is 73.6 Å². The monoisotopic (exact) mass is 521 g/mol. The van der Waals surface area contributed by atoms with Crippen LogP contribution in [0.3, 0.4) is 0 Å². The number of thiophene rings is 1. The van der Waals surface area contributed by atoms with E-state index >= 15 is 0 Å². The minimum Gasteiger partial charge on any atom is -0.326 e. The van der Waals surface area contributed by atoms with Crippen molar-refractivity contribution in [1.82, 2.24) is 0 Å². The summed E-state index contributed by atoms with van der Waals surface area (Å²) in [6.45, 7) is 1.76. The summed E-state index contributed by atoms with van der Waals surface area (Å²) in [5.41, 5.74) is 1.10. The van der Waals surface area contributed by atoms with Crippen LogP contribution < -0.4 is 10.2 Å². The van der Waals surface area contributed by atoms with Gasteiger partial charge in [0.05, 0.1) is 10.0 Å². The first-order valence-corrected chi connectivity index (χ1v) is 13.2. The molecule has 1 unspecified atom stereocenters. The Hall–Kier alpha value is -2.66. The van der Waals surface area contributed by atoms with Crippen LogP contribution in [0.4, 0.5) is 11.4 Å². The van der Waals surface area contributed by atoms with Crippen molar-refractivity contribution in [2.75, 3.05) is 10.2 Å². The molecule has 1 heterocycles. The highest BCUT2D eigenvalue weighted by Crippen LogP contribution is 2.30. The van der Waals surface area contributed by atoms with Crippen LogP contribution in [0.15, 0.2) is 81.4 Å². The predicted octanol–water partition coefficient (Wildman–Crippen LogP) is 5.26. The van der Waals surface area contributed by atoms with E-state index in [0.717, 1.165) is 28.0 Å². The fourth-order valence-electron chi connectivity index (χ4n) is 2.73. The molecule has 33 heavy (non-hydrogen) atoms. The molecule has 0 aliphatic heterocycles. The van der Waals surface area contributed by atoms with Gasteiger partial charge in [-0.05, 0) is 36.4 Å². The number of anilines is 2. The molecule has 0 aliphatic rings. The second kappa shape index (κ2) is 11.5. The number of thioether (sulfide) groups is 1. The highest BCUT2D eigenvalue weighted by atomic mass is 35.5. The van der Waals surface area contributed by atoms with Gasteiger partial charge >= 0.3 is 0 Å². The lowest BCUT2D eigenvalue weighted by Crippen LogP contribution is -2.30. The molecule has 1 aromatic heterocycles. The molecule has 2 aromatic carbocycles. The molecule has 0 radical (unpaired) electrons. The third-order valence-electron chi connectivity index (χ3n) is 4.18. The van der Waals surface area contributed by atoms with Crippen LogP contribution >= 0.6 is 34.7 Å². The van der Waals surface area contributed by atoms with Crippen LogP contribution in [0.1, 0.15) is 13.3 Å². The number of nitrogens with one attached hydrogen (secondary N) is 1. The molecular weight excluding hydrogens is 502 g/mol. The highest BCUT2D eigenvalue weighted by molar-refractivity contribution is 8.15. The number of benzene rings is 2. The number of nitrogens with zero attached hydrogens (tertiary/aromatic N) is 2. The van der Waals surface area contributed by atoms with Crippen molar-refractivity contribution in [2.24, 2.45) is 4.40 Å². The van der Waals surface area contributed by atoms with Crippen LogP contribution in [0.25, 0.3) is 0 Å². The number of carbonyl (C=O) groups is 2. The Morgan fingerprint density at radius 3 is 2.33 bits per heavy atom. The van der Waals surface area contributed by atoms with E-state index in [1.54, 1.807) is 49.4 Å². The second-order valence-corrected chi connectivity index (χ2v) is 11.7. The van der Waals surface area contributed by atoms with E-state index in [4.69, 9.17) is 11.6 Å². The van der Waals surface area contributed by atoms with Gasteiger partial charge in [-0.25, -0.2) is 0 Å². The lowest BCUT2D eigenvalue weighted by atomic mass is 10.3. The molecule has 3 aromatic rings. The van der Waals surface area contributed by atoms with Crippen LogP contribution in [0, 0.1) is 0 Å². The first-order valence-electron chi connectivity index (χ1n) is 9.70. The lowest BCUT2D eigenvalue weighted by molar-refractivity contribution is -0.116. The Bertz CT molecular complexity index is 1230. The number of amidine groups is 1. The van der Waals surface area contributed by atoms with Gasteiger partial charge in [-0.2, -0.15) is 8.42 Å². The van der Waals surface area contributed by atoms with E-state index in [2.05, 4.69) is 9.71 Å². The third kappa shape index (κ3) is 7.16. The standard InChI is InChI=1S/C22H20ClN3O4S3/c1-16(14-20(28)24-17-8-4-2-5-9-17)31-22(26(15-27)18-10-6-3-7-11-18)25-33(29,30)21-13-12-19(23)32-21/h2-13,15-16H,14H2,1H3,(H,24,28). The number of hydrogen-bond acceptors (Lipinski definition) is 6. The molecule has 2 amide bonds. The number of carbonyl (C=O) groups excluding carboxylic acids is 2. The van der Waals surface area contributed by atoms with Crippen molar-refractivity contribution < 1.29 is 18.0 Å². The van der Waals surface area contributed by atoms with Gasteiger partial charge in [-0.3, -0.25) is 14.5 Å². The van der Waals surface area contributed by atoms with E-state index in [0.29, 0.717) is 22.1 Å². The third-order valence-corrected chi connectivity index (χ3v) is 8.33. The van der Waals surface area contributed by atoms with Crippen LogP contribution in [-0.2, 0) is 19.6 Å². The average molecular weight is 522 g/mol. The van der Waals surface area contributed by atoms with Gasteiger partial charge < -0.3 is 5.32 Å². The van der Waals surface area contributed by atoms with Crippen molar-refractivity contribution in [3.63, 3.8) is 0 Å². The minimum atomic E-state index is -4.12. The molecule has 0 saturated carbocycles. The van der Waals surface area contributed by atoms with Crippen molar-refractivity contribution in [3.8, 4) is 0 Å². The first kappa shape index (κ1) is 25.0. The number of para-hydroxylation sites is 2. The van der Waals surface area contributed by atoms with Gasteiger partial charge in [0.25, 0.3) is 10.0 Å². The number of hydrogen-bond donors (Lipinski definition) is 1. The average Bonchev–Trinajstić information content (AvgIpc) is 3.22. The fourth-order valence-corrected chi connectivity index (χ4v) is 6.39. The maximum Gasteiger partial charge on any atom is 0.294 e. The SMILES string of the molecule is CC(CC(=O)Nc1ccccc1)SC(=NS(=O)(=O)c1ccc(Cl)s1)N(C=O)c1ccccc1. The summed E-state index contributed by atoms with van der Waals surface area (Å²) in [6, 6.07) is 20.4. The summed E-state index contributed by atoms with van der Waals surface area (Å²) in [7, 11) is -4.12. The van der Waals surface area contributed by atoms with Gasteiger partial charge in [-0.15, -0.1) is 15.7 Å². The predicted molar refractivity (Wildman–Crippen MR) is 136 cm³/mol. The molecule has 0 bridgehead atoms. The molecule has 0 fully saturated rings. The Labute approximate surface area is 205 Å². The smallest absolute Gasteiger partial charge is 0.294 e. The lowest BCUT2D eigenvalue weighted by Gasteiger charge is -2.21. The zero-order valence-corrected chi connectivity index (χ0v) is 20.6. The summed E-state index contributed by atoms with van der Waals surface area (Å²) in [6.07, 6.45) is 0.569. The Morgan fingerprint density at radius 1 is 1.12 bits per heavy atom. The minimum absolute atomic E-state index is 0.0426. The summed E-state index contributed by atoms with van der Waals surface area (Å²) >= 11 is 7.77. The molecule has 3 rings (SSSR count). The van der Waals surface area contributed by atoms with E-state index in [1.165, 1.54) is 12.1 Å². The Morgan fingerprint density at radius 2 is 1.76 bits per heavy atom. The summed E-state index contributed by atoms with van der Waals surface area (Å²) in [4.78, 5) is 25.5. The fraction of sp³-hybridized carbons (Fsp3) is 0.136. The molecule has 0 aliphatic carbocycles. The number of amides is 2. The highest BCUT2D eigenvalue weighted by Gasteiger charge is 2.24. The van der Waals surface area contributed by atoms with Crippen LogP contribution in [0.5, 0.6) is 0 Å². The van der Waals surface area contributed by atoms with E-state index < -0.39 is 10.0 Å². The number of rotatable bonds is 8. The molecule has 7 nitrogen and oxygen atoms in total. The number of sulfonamides is 1. The topological polar surface area (TPSA) is 95.9 Å². The molecule has 11 heteroatoms. The molecule has 0 spiro atoms. The summed E-state index contributed by atoms with van der Waals surface area (Å²) in [5, 5.41) is 2.33.